The monoisotopic (exact) mass is 276 g/mol. The second-order valence-corrected chi connectivity index (χ2v) is 5.79. The molecule has 0 aliphatic rings. The highest BCUT2D eigenvalue weighted by molar-refractivity contribution is 5.22. The summed E-state index contributed by atoms with van der Waals surface area (Å²) < 4.78 is 5.92. The molecule has 0 radical (unpaired) electrons. The van der Waals surface area contributed by atoms with Crippen LogP contribution in [0, 0.1) is 0 Å². The van der Waals surface area contributed by atoms with Gasteiger partial charge in [-0.25, -0.2) is 0 Å². The summed E-state index contributed by atoms with van der Waals surface area (Å²) >= 11 is 0. The molecule has 1 heteroatoms. The predicted molar refractivity (Wildman–Crippen MR) is 88.0 cm³/mol. The van der Waals surface area contributed by atoms with Gasteiger partial charge in [-0.15, -0.1) is 0 Å². The molecule has 0 saturated carbocycles. The lowest BCUT2D eigenvalue weighted by Gasteiger charge is -2.32. The Hall–Kier alpha value is -0.820. The molecule has 1 nitrogen and oxygen atoms in total. The highest BCUT2D eigenvalue weighted by atomic mass is 16.5. The van der Waals surface area contributed by atoms with Crippen LogP contribution in [0.1, 0.15) is 77.2 Å². The van der Waals surface area contributed by atoms with E-state index in [4.69, 9.17) is 4.74 Å². The Morgan fingerprint density at radius 1 is 0.850 bits per heavy atom. The van der Waals surface area contributed by atoms with E-state index in [1.54, 1.807) is 0 Å². The number of benzene rings is 1. The van der Waals surface area contributed by atoms with Crippen molar-refractivity contribution < 1.29 is 4.74 Å². The van der Waals surface area contributed by atoms with Crippen molar-refractivity contribution in [1.29, 1.82) is 0 Å². The summed E-state index contributed by atoms with van der Waals surface area (Å²) in [5, 5.41) is 0. The molecule has 1 unspecified atom stereocenters. The van der Waals surface area contributed by atoms with Crippen molar-refractivity contribution in [3.63, 3.8) is 0 Å². The molecule has 1 aromatic rings. The van der Waals surface area contributed by atoms with E-state index < -0.39 is 0 Å². The van der Waals surface area contributed by atoms with Crippen LogP contribution in [0.4, 0.5) is 0 Å². The maximum Gasteiger partial charge on any atom is 0.0924 e. The normalized spacial score (nSPS) is 14.2. The molecular weight excluding hydrogens is 244 g/mol. The zero-order valence-electron chi connectivity index (χ0n) is 13.7. The summed E-state index contributed by atoms with van der Waals surface area (Å²) in [7, 11) is 1.86. The Bertz CT molecular complexity index is 327. The fourth-order valence-electron chi connectivity index (χ4n) is 3.00. The Kier molecular flexibility index (Phi) is 8.60. The fraction of sp³-hybridized carbons (Fsp3) is 0.684. The van der Waals surface area contributed by atoms with E-state index in [0.29, 0.717) is 0 Å². The van der Waals surface area contributed by atoms with Gasteiger partial charge in [-0.2, -0.15) is 0 Å². The summed E-state index contributed by atoms with van der Waals surface area (Å²) in [5.74, 6) is 0. The van der Waals surface area contributed by atoms with Crippen molar-refractivity contribution in [2.24, 2.45) is 0 Å². The molecule has 0 aliphatic carbocycles. The number of methoxy groups -OCH3 is 1. The number of hydrogen-bond acceptors (Lipinski definition) is 1. The van der Waals surface area contributed by atoms with E-state index >= 15 is 0 Å². The first-order chi connectivity index (χ1) is 9.79. The maximum atomic E-state index is 5.92. The molecule has 0 fully saturated rings. The number of ether oxygens (including phenoxy) is 1. The van der Waals surface area contributed by atoms with Crippen LogP contribution in [-0.4, -0.2) is 7.11 Å². The lowest BCUT2D eigenvalue weighted by atomic mass is 9.85. The van der Waals surface area contributed by atoms with Gasteiger partial charge < -0.3 is 4.74 Å². The molecule has 114 valence electrons. The molecular formula is C19H32O. The van der Waals surface area contributed by atoms with Crippen LogP contribution in [0.25, 0.3) is 0 Å². The van der Waals surface area contributed by atoms with Crippen molar-refractivity contribution in [3.8, 4) is 0 Å². The summed E-state index contributed by atoms with van der Waals surface area (Å²) in [4.78, 5) is 0. The van der Waals surface area contributed by atoms with Crippen LogP contribution < -0.4 is 0 Å². The Balaban J connectivity index is 2.40. The van der Waals surface area contributed by atoms with Crippen molar-refractivity contribution in [2.75, 3.05) is 7.11 Å². The van der Waals surface area contributed by atoms with Crippen LogP contribution in [0.5, 0.6) is 0 Å². The summed E-state index contributed by atoms with van der Waals surface area (Å²) in [6.45, 7) is 4.51. The van der Waals surface area contributed by atoms with E-state index in [1.165, 1.54) is 50.5 Å². The van der Waals surface area contributed by atoms with Gasteiger partial charge in [0.2, 0.25) is 0 Å². The molecule has 0 spiro atoms. The molecule has 0 saturated heterocycles. The van der Waals surface area contributed by atoms with E-state index in [2.05, 4.69) is 44.2 Å². The molecule has 0 aromatic heterocycles. The predicted octanol–water partition coefficient (Wildman–Crippen LogP) is 6.08. The zero-order valence-corrected chi connectivity index (χ0v) is 13.7. The Morgan fingerprint density at radius 3 is 2.00 bits per heavy atom. The number of unbranched alkanes of at least 4 members (excludes halogenated alkanes) is 6. The van der Waals surface area contributed by atoms with Gasteiger partial charge in [0.15, 0.2) is 0 Å². The highest BCUT2D eigenvalue weighted by Crippen LogP contribution is 2.34. The third kappa shape index (κ3) is 5.28. The van der Waals surface area contributed by atoms with Gasteiger partial charge in [-0.05, 0) is 18.4 Å². The third-order valence-electron chi connectivity index (χ3n) is 4.45. The van der Waals surface area contributed by atoms with Gasteiger partial charge in [-0.3, -0.25) is 0 Å². The average Bonchev–Trinajstić information content (AvgIpc) is 2.52. The largest absolute Gasteiger partial charge is 0.374 e. The van der Waals surface area contributed by atoms with Crippen LogP contribution in [0.3, 0.4) is 0 Å². The topological polar surface area (TPSA) is 9.23 Å². The van der Waals surface area contributed by atoms with Gasteiger partial charge in [0.25, 0.3) is 0 Å². The minimum atomic E-state index is -0.0787. The molecule has 0 aliphatic heterocycles. The second kappa shape index (κ2) is 9.99. The summed E-state index contributed by atoms with van der Waals surface area (Å²) in [6, 6.07) is 10.7. The van der Waals surface area contributed by atoms with Gasteiger partial charge in [0.05, 0.1) is 5.60 Å². The molecule has 1 atom stereocenters. The molecule has 0 heterocycles. The van der Waals surface area contributed by atoms with E-state index in [0.717, 1.165) is 12.8 Å². The van der Waals surface area contributed by atoms with Gasteiger partial charge in [0.1, 0.15) is 0 Å². The smallest absolute Gasteiger partial charge is 0.0924 e. The lowest BCUT2D eigenvalue weighted by Crippen LogP contribution is -2.27. The average molecular weight is 276 g/mol. The third-order valence-corrected chi connectivity index (χ3v) is 4.45. The fourth-order valence-corrected chi connectivity index (χ4v) is 3.00. The van der Waals surface area contributed by atoms with Crippen molar-refractivity contribution in [1.82, 2.24) is 0 Å². The molecule has 20 heavy (non-hydrogen) atoms. The Labute approximate surface area is 125 Å². The van der Waals surface area contributed by atoms with E-state index in [-0.39, 0.29) is 5.60 Å². The van der Waals surface area contributed by atoms with E-state index in [9.17, 15) is 0 Å². The molecule has 1 aromatic carbocycles. The van der Waals surface area contributed by atoms with Crippen LogP contribution in [-0.2, 0) is 10.3 Å². The van der Waals surface area contributed by atoms with Crippen molar-refractivity contribution in [2.45, 2.75) is 77.2 Å². The quantitative estimate of drug-likeness (QED) is 0.445. The second-order valence-electron chi connectivity index (χ2n) is 5.79. The van der Waals surface area contributed by atoms with Gasteiger partial charge in [-0.1, -0.05) is 89.1 Å². The van der Waals surface area contributed by atoms with Crippen LogP contribution in [0.2, 0.25) is 0 Å². The van der Waals surface area contributed by atoms with Crippen molar-refractivity contribution >= 4 is 0 Å². The highest BCUT2D eigenvalue weighted by Gasteiger charge is 2.28. The van der Waals surface area contributed by atoms with Crippen molar-refractivity contribution in [3.05, 3.63) is 35.9 Å². The summed E-state index contributed by atoms with van der Waals surface area (Å²) in [6.07, 6.45) is 11.7. The standard InChI is InChI=1S/C19H32O/c1-4-6-7-8-9-10-14-17-19(5-2,20-3)18-15-12-11-13-16-18/h11-13,15-16H,4-10,14,17H2,1-3H3. The van der Waals surface area contributed by atoms with Gasteiger partial charge >= 0.3 is 0 Å². The lowest BCUT2D eigenvalue weighted by molar-refractivity contribution is -0.0276. The molecule has 0 bridgehead atoms. The van der Waals surface area contributed by atoms with Crippen LogP contribution in [0.15, 0.2) is 30.3 Å². The first-order valence-electron chi connectivity index (χ1n) is 8.39. The minimum absolute atomic E-state index is 0.0787. The summed E-state index contributed by atoms with van der Waals surface area (Å²) in [5.41, 5.74) is 1.25. The maximum absolute atomic E-state index is 5.92. The zero-order chi connectivity index (χ0) is 14.7. The molecule has 0 N–H and O–H groups in total. The van der Waals surface area contributed by atoms with Gasteiger partial charge in [0, 0.05) is 7.11 Å². The molecule has 1 rings (SSSR count). The molecule has 0 amide bonds. The number of hydrogen-bond donors (Lipinski definition) is 0. The Morgan fingerprint density at radius 2 is 1.45 bits per heavy atom. The first kappa shape index (κ1) is 17.2. The van der Waals surface area contributed by atoms with E-state index in [1.807, 2.05) is 7.11 Å². The number of rotatable bonds is 11. The SMILES string of the molecule is CCCCCCCCCC(CC)(OC)c1ccccc1. The first-order valence-corrected chi connectivity index (χ1v) is 8.39. The van der Waals surface area contributed by atoms with Crippen LogP contribution >= 0.6 is 0 Å². The minimum Gasteiger partial charge on any atom is -0.374 e.